The Morgan fingerprint density at radius 3 is 2.16 bits per heavy atom. The van der Waals surface area contributed by atoms with Crippen molar-refractivity contribution in [3.05, 3.63) is 91.9 Å². The molecule has 0 saturated carbocycles. The second kappa shape index (κ2) is 14.4. The van der Waals surface area contributed by atoms with Gasteiger partial charge in [0.1, 0.15) is 6.04 Å². The number of carbonyl (C=O) groups is 4. The number of nitrogens with one attached hydrogen (secondary N) is 1. The molecule has 0 spiro atoms. The first-order valence-corrected chi connectivity index (χ1v) is 15.9. The van der Waals surface area contributed by atoms with Gasteiger partial charge in [-0.1, -0.05) is 32.0 Å². The van der Waals surface area contributed by atoms with Crippen LogP contribution in [0.3, 0.4) is 0 Å². The maximum atomic E-state index is 14.2. The predicted octanol–water partition coefficient (Wildman–Crippen LogP) is 5.40. The topological polar surface area (TPSA) is 129 Å². The number of halogens is 3. The van der Waals surface area contributed by atoms with Gasteiger partial charge in [-0.2, -0.15) is 13.2 Å². The van der Waals surface area contributed by atoms with E-state index in [1.807, 2.05) is 32.0 Å². The number of aromatic nitrogens is 1. The minimum atomic E-state index is -4.81. The molecule has 0 saturated heterocycles. The molecule has 262 valence electrons. The van der Waals surface area contributed by atoms with Crippen LogP contribution < -0.4 is 10.9 Å². The number of benzene rings is 2. The second-order valence-corrected chi connectivity index (χ2v) is 13.2. The summed E-state index contributed by atoms with van der Waals surface area (Å²) in [6.07, 6.45) is -4.46. The van der Waals surface area contributed by atoms with E-state index in [-0.39, 0.29) is 47.6 Å². The number of aryl methyl sites for hydroxylation is 2. The van der Waals surface area contributed by atoms with E-state index in [0.29, 0.717) is 11.6 Å². The number of carboxylic acid groups (broad SMARTS) is 1. The molecule has 0 aliphatic carbocycles. The van der Waals surface area contributed by atoms with Crippen LogP contribution in [0.25, 0.3) is 11.1 Å². The summed E-state index contributed by atoms with van der Waals surface area (Å²) >= 11 is 0. The average Bonchev–Trinajstić information content (AvgIpc) is 3.21. The smallest absolute Gasteiger partial charge is 0.416 e. The molecule has 2 N–H and O–H groups in total. The molecular weight excluding hydrogens is 641 g/mol. The number of hydrogen-bond donors (Lipinski definition) is 2. The number of pyridine rings is 1. The second-order valence-electron chi connectivity index (χ2n) is 13.2. The Kier molecular flexibility index (Phi) is 10.9. The van der Waals surface area contributed by atoms with Gasteiger partial charge in [0.05, 0.1) is 29.2 Å². The Balaban J connectivity index is 1.89. The predicted molar refractivity (Wildman–Crippen MR) is 177 cm³/mol. The number of fused-ring (bicyclic) bond motifs is 1. The largest absolute Gasteiger partial charge is 0.481 e. The number of nitrogens with zero attached hydrogens (tertiary/aromatic N) is 3. The van der Waals surface area contributed by atoms with E-state index >= 15 is 0 Å². The SMILES string of the molecule is Cc1cccc(C)c1-c1cc2c(c([C@@H](CC(=O)O)NC(=O)[C@H](CC(C)C)n3cc(CCN(C)C)c(C(F)(F)F)cc3=O)c1)C(=O)N(C)C2=O. The highest BCUT2D eigenvalue weighted by Gasteiger charge is 2.39. The van der Waals surface area contributed by atoms with Crippen molar-refractivity contribution in [3.63, 3.8) is 0 Å². The molecule has 49 heavy (non-hydrogen) atoms. The first-order valence-electron chi connectivity index (χ1n) is 15.9. The lowest BCUT2D eigenvalue weighted by atomic mass is 9.87. The summed E-state index contributed by atoms with van der Waals surface area (Å²) < 4.78 is 42.9. The number of amides is 3. The minimum absolute atomic E-state index is 0.0325. The highest BCUT2D eigenvalue weighted by molar-refractivity contribution is 6.22. The van der Waals surface area contributed by atoms with Gasteiger partial charge in [-0.3, -0.25) is 28.9 Å². The zero-order valence-electron chi connectivity index (χ0n) is 28.6. The monoisotopic (exact) mass is 682 g/mol. The number of carboxylic acids is 1. The Bertz CT molecular complexity index is 1840. The fourth-order valence-electron chi connectivity index (χ4n) is 6.32. The van der Waals surface area contributed by atoms with Gasteiger partial charge in [-0.05, 0) is 92.2 Å². The van der Waals surface area contributed by atoms with Crippen LogP contribution in [0.15, 0.2) is 47.4 Å². The Morgan fingerprint density at radius 1 is 0.980 bits per heavy atom. The number of aliphatic carboxylic acids is 1. The van der Waals surface area contributed by atoms with E-state index in [2.05, 4.69) is 5.32 Å². The maximum Gasteiger partial charge on any atom is 0.416 e. The third-order valence-electron chi connectivity index (χ3n) is 8.69. The van der Waals surface area contributed by atoms with Crippen LogP contribution in [-0.2, 0) is 22.2 Å². The highest BCUT2D eigenvalue weighted by Crippen LogP contribution is 2.38. The van der Waals surface area contributed by atoms with Crippen LogP contribution >= 0.6 is 0 Å². The molecule has 2 heterocycles. The van der Waals surface area contributed by atoms with Crippen molar-refractivity contribution in [3.8, 4) is 11.1 Å². The van der Waals surface area contributed by atoms with Gasteiger partial charge >= 0.3 is 12.1 Å². The molecule has 1 aliphatic heterocycles. The molecular formula is C36H41F3N4O6. The van der Waals surface area contributed by atoms with Gasteiger partial charge in [0.25, 0.3) is 17.4 Å². The third-order valence-corrected chi connectivity index (χ3v) is 8.69. The maximum absolute atomic E-state index is 14.2. The number of hydrogen-bond acceptors (Lipinski definition) is 6. The summed E-state index contributed by atoms with van der Waals surface area (Å²) in [6.45, 7) is 7.54. The zero-order chi connectivity index (χ0) is 36.5. The van der Waals surface area contributed by atoms with E-state index in [1.54, 1.807) is 45.0 Å². The van der Waals surface area contributed by atoms with Crippen LogP contribution in [0.5, 0.6) is 0 Å². The molecule has 0 radical (unpaired) electrons. The normalized spacial score (nSPS) is 14.4. The lowest BCUT2D eigenvalue weighted by Gasteiger charge is -2.27. The Morgan fingerprint density at radius 2 is 1.61 bits per heavy atom. The molecule has 13 heteroatoms. The number of carbonyl (C=O) groups excluding carboxylic acids is 3. The molecule has 0 unspecified atom stereocenters. The number of rotatable bonds is 12. The molecule has 3 aromatic rings. The Labute approximate surface area is 282 Å². The molecule has 0 fully saturated rings. The van der Waals surface area contributed by atoms with E-state index < -0.39 is 59.5 Å². The minimum Gasteiger partial charge on any atom is -0.481 e. The van der Waals surface area contributed by atoms with Gasteiger partial charge in [-0.15, -0.1) is 0 Å². The summed E-state index contributed by atoms with van der Waals surface area (Å²) in [7, 11) is 4.70. The average molecular weight is 683 g/mol. The summed E-state index contributed by atoms with van der Waals surface area (Å²) in [5, 5.41) is 12.7. The van der Waals surface area contributed by atoms with Crippen molar-refractivity contribution in [2.75, 3.05) is 27.7 Å². The zero-order valence-corrected chi connectivity index (χ0v) is 28.6. The van der Waals surface area contributed by atoms with Crippen LogP contribution in [0.4, 0.5) is 13.2 Å². The fourth-order valence-corrected chi connectivity index (χ4v) is 6.32. The Hall–Kier alpha value is -4.78. The summed E-state index contributed by atoms with van der Waals surface area (Å²) in [6, 6.07) is 6.59. The third kappa shape index (κ3) is 7.93. The first-order chi connectivity index (χ1) is 22.8. The molecule has 2 atom stereocenters. The van der Waals surface area contributed by atoms with E-state index in [0.717, 1.165) is 32.4 Å². The lowest BCUT2D eigenvalue weighted by Crippen LogP contribution is -2.41. The number of alkyl halides is 3. The van der Waals surface area contributed by atoms with Gasteiger partial charge < -0.3 is 19.9 Å². The van der Waals surface area contributed by atoms with Crippen LogP contribution in [0, 0.1) is 19.8 Å². The molecule has 1 aromatic heterocycles. The number of likely N-dealkylation sites (N-methyl/N-ethyl adjacent to an activating group) is 1. The number of imide groups is 1. The van der Waals surface area contributed by atoms with Crippen molar-refractivity contribution in [1.29, 1.82) is 0 Å². The van der Waals surface area contributed by atoms with Crippen LogP contribution in [0.2, 0.25) is 0 Å². The van der Waals surface area contributed by atoms with Gasteiger partial charge in [0, 0.05) is 25.9 Å². The summed E-state index contributed by atoms with van der Waals surface area (Å²) in [4.78, 5) is 68.9. The van der Waals surface area contributed by atoms with E-state index in [1.165, 1.54) is 7.05 Å². The van der Waals surface area contributed by atoms with Crippen LogP contribution in [0.1, 0.15) is 87.3 Å². The quantitative estimate of drug-likeness (QED) is 0.245. The van der Waals surface area contributed by atoms with E-state index in [4.69, 9.17) is 0 Å². The van der Waals surface area contributed by atoms with Crippen LogP contribution in [-0.4, -0.2) is 70.9 Å². The van der Waals surface area contributed by atoms with Gasteiger partial charge in [0.15, 0.2) is 0 Å². The molecule has 4 rings (SSSR count). The van der Waals surface area contributed by atoms with Gasteiger partial charge in [-0.25, -0.2) is 0 Å². The van der Waals surface area contributed by atoms with Crippen molar-refractivity contribution in [2.45, 2.75) is 65.2 Å². The van der Waals surface area contributed by atoms with Crippen molar-refractivity contribution >= 4 is 23.7 Å². The lowest BCUT2D eigenvalue weighted by molar-refractivity contribution is -0.139. The molecule has 10 nitrogen and oxygen atoms in total. The molecule has 3 amide bonds. The van der Waals surface area contributed by atoms with Crippen molar-refractivity contribution < 1.29 is 37.5 Å². The van der Waals surface area contributed by atoms with E-state index in [9.17, 15) is 42.3 Å². The van der Waals surface area contributed by atoms with Crippen molar-refractivity contribution in [2.24, 2.45) is 5.92 Å². The highest BCUT2D eigenvalue weighted by atomic mass is 19.4. The summed E-state index contributed by atoms with van der Waals surface area (Å²) in [5.41, 5.74) is 0.819. The molecule has 0 bridgehead atoms. The van der Waals surface area contributed by atoms with Gasteiger partial charge in [0.2, 0.25) is 5.91 Å². The summed E-state index contributed by atoms with van der Waals surface area (Å²) in [5.74, 6) is -3.61. The first kappa shape index (κ1) is 37.0. The van der Waals surface area contributed by atoms with Crippen molar-refractivity contribution in [1.82, 2.24) is 19.7 Å². The molecule has 2 aromatic carbocycles. The standard InChI is InChI=1S/C36H41F3N4O6/c1-19(2)13-28(43-18-22(11-12-41(5)6)26(16-29(43)44)36(37,38)39)33(47)40-27(17-30(45)46)24-14-23(31-20(3)9-8-10-21(31)4)15-25-32(24)35(49)42(7)34(25)48/h8-10,14-16,18-19,27-28H,11-13,17H2,1-7H3,(H,40,47)(H,45,46)/t27-,28+/m1/s1. The fraction of sp³-hybridized carbons (Fsp3) is 0.417. The molecule has 1 aliphatic rings.